The topological polar surface area (TPSA) is 63.1 Å². The molecule has 0 bridgehead atoms. The van der Waals surface area contributed by atoms with Crippen LogP contribution in [0.5, 0.6) is 0 Å². The smallest absolute Gasteiger partial charge is 0.228 e. The average Bonchev–Trinajstić information content (AvgIpc) is 3.02. The summed E-state index contributed by atoms with van der Waals surface area (Å²) in [7, 11) is 2.01. The van der Waals surface area contributed by atoms with Crippen molar-refractivity contribution in [1.82, 2.24) is 19.9 Å². The maximum absolute atomic E-state index is 12.8. The van der Waals surface area contributed by atoms with Crippen molar-refractivity contribution in [3.8, 4) is 0 Å². The van der Waals surface area contributed by atoms with Crippen LogP contribution in [0.3, 0.4) is 0 Å². The molecule has 0 aromatic carbocycles. The standard InChI is InChI=1S/C19H27N5O/c1-14(2)17(15-5-4-8-20-13-15)18(25)22-16-6-10-24(11-7-16)19-21-9-12-23(19)3/h4-5,8-9,12-14,16-17H,6-7,10-11H2,1-3H3,(H,22,25). The first kappa shape index (κ1) is 17.5. The predicted molar refractivity (Wildman–Crippen MR) is 98.4 cm³/mol. The number of pyridine rings is 1. The van der Waals surface area contributed by atoms with Crippen LogP contribution >= 0.6 is 0 Å². The molecule has 25 heavy (non-hydrogen) atoms. The maximum atomic E-state index is 12.8. The SMILES string of the molecule is CC(C)C(C(=O)NC1CCN(c2nccn2C)CC1)c1cccnc1. The summed E-state index contributed by atoms with van der Waals surface area (Å²) in [5.41, 5.74) is 0.987. The number of carbonyl (C=O) groups excluding carboxylic acids is 1. The van der Waals surface area contributed by atoms with Gasteiger partial charge in [0.05, 0.1) is 5.92 Å². The Bertz CT molecular complexity index is 689. The molecule has 1 saturated heterocycles. The highest BCUT2D eigenvalue weighted by Crippen LogP contribution is 2.25. The summed E-state index contributed by atoms with van der Waals surface area (Å²) in [6.45, 7) is 5.99. The van der Waals surface area contributed by atoms with E-state index in [9.17, 15) is 4.79 Å². The Kier molecular flexibility index (Phi) is 5.36. The van der Waals surface area contributed by atoms with Gasteiger partial charge >= 0.3 is 0 Å². The second-order valence-corrected chi connectivity index (χ2v) is 7.12. The van der Waals surface area contributed by atoms with E-state index in [2.05, 4.69) is 34.0 Å². The molecule has 1 unspecified atom stereocenters. The Labute approximate surface area is 149 Å². The summed E-state index contributed by atoms with van der Waals surface area (Å²) in [4.78, 5) is 23.7. The summed E-state index contributed by atoms with van der Waals surface area (Å²) < 4.78 is 2.04. The summed E-state index contributed by atoms with van der Waals surface area (Å²) in [5, 5.41) is 3.26. The Morgan fingerprint density at radius 2 is 2.04 bits per heavy atom. The van der Waals surface area contributed by atoms with Gasteiger partial charge in [-0.05, 0) is 30.4 Å². The highest BCUT2D eigenvalue weighted by Gasteiger charge is 2.28. The third-order valence-corrected chi connectivity index (χ3v) is 4.91. The number of nitrogens with zero attached hydrogens (tertiary/aromatic N) is 4. The summed E-state index contributed by atoms with van der Waals surface area (Å²) in [6, 6.07) is 4.10. The van der Waals surface area contributed by atoms with Gasteiger partial charge in [0, 0.05) is 51.0 Å². The lowest BCUT2D eigenvalue weighted by molar-refractivity contribution is -0.124. The second kappa shape index (κ2) is 7.68. The van der Waals surface area contributed by atoms with E-state index in [1.165, 1.54) is 0 Å². The van der Waals surface area contributed by atoms with Crippen LogP contribution in [0.15, 0.2) is 36.9 Å². The minimum absolute atomic E-state index is 0.110. The van der Waals surface area contributed by atoms with Crippen molar-refractivity contribution in [2.75, 3.05) is 18.0 Å². The van der Waals surface area contributed by atoms with Crippen molar-refractivity contribution in [3.63, 3.8) is 0 Å². The molecule has 1 aliphatic heterocycles. The van der Waals surface area contributed by atoms with Crippen LogP contribution in [-0.2, 0) is 11.8 Å². The van der Waals surface area contributed by atoms with Crippen molar-refractivity contribution in [2.24, 2.45) is 13.0 Å². The van der Waals surface area contributed by atoms with Crippen LogP contribution in [0.2, 0.25) is 0 Å². The number of anilines is 1. The zero-order valence-corrected chi connectivity index (χ0v) is 15.2. The van der Waals surface area contributed by atoms with Gasteiger partial charge in [0.15, 0.2) is 0 Å². The van der Waals surface area contributed by atoms with Crippen molar-refractivity contribution < 1.29 is 4.79 Å². The molecule has 0 radical (unpaired) electrons. The molecule has 2 aromatic rings. The Morgan fingerprint density at radius 1 is 1.28 bits per heavy atom. The van der Waals surface area contributed by atoms with E-state index in [1.807, 2.05) is 36.1 Å². The fourth-order valence-electron chi connectivity index (χ4n) is 3.58. The fourth-order valence-corrected chi connectivity index (χ4v) is 3.58. The quantitative estimate of drug-likeness (QED) is 0.907. The van der Waals surface area contributed by atoms with Gasteiger partial charge in [0.25, 0.3) is 0 Å². The highest BCUT2D eigenvalue weighted by molar-refractivity contribution is 5.84. The van der Waals surface area contributed by atoms with Gasteiger partial charge < -0.3 is 14.8 Å². The van der Waals surface area contributed by atoms with Crippen LogP contribution in [0.25, 0.3) is 0 Å². The monoisotopic (exact) mass is 341 g/mol. The molecule has 3 heterocycles. The molecule has 6 heteroatoms. The molecular formula is C19H27N5O. The van der Waals surface area contributed by atoms with Crippen LogP contribution in [0, 0.1) is 5.92 Å². The van der Waals surface area contributed by atoms with E-state index in [-0.39, 0.29) is 23.8 Å². The number of hydrogen-bond acceptors (Lipinski definition) is 4. The number of amides is 1. The van der Waals surface area contributed by atoms with Gasteiger partial charge in [-0.3, -0.25) is 9.78 Å². The molecule has 0 spiro atoms. The molecule has 6 nitrogen and oxygen atoms in total. The number of imidazole rings is 1. The molecule has 0 aliphatic carbocycles. The fraction of sp³-hybridized carbons (Fsp3) is 0.526. The van der Waals surface area contributed by atoms with E-state index in [1.54, 1.807) is 12.4 Å². The minimum atomic E-state index is -0.152. The summed E-state index contributed by atoms with van der Waals surface area (Å²) >= 11 is 0. The van der Waals surface area contributed by atoms with Gasteiger partial charge in [-0.15, -0.1) is 0 Å². The van der Waals surface area contributed by atoms with E-state index in [4.69, 9.17) is 0 Å². The zero-order valence-electron chi connectivity index (χ0n) is 15.2. The summed E-state index contributed by atoms with van der Waals surface area (Å²) in [5.74, 6) is 1.19. The molecule has 1 amide bonds. The molecule has 3 rings (SSSR count). The number of nitrogens with one attached hydrogen (secondary N) is 1. The van der Waals surface area contributed by atoms with Crippen molar-refractivity contribution >= 4 is 11.9 Å². The Morgan fingerprint density at radius 3 is 2.60 bits per heavy atom. The first-order chi connectivity index (χ1) is 12.1. The van der Waals surface area contributed by atoms with Gasteiger partial charge in [0.1, 0.15) is 0 Å². The molecule has 1 N–H and O–H groups in total. The molecule has 1 atom stereocenters. The molecule has 0 saturated carbocycles. The zero-order chi connectivity index (χ0) is 17.8. The van der Waals surface area contributed by atoms with Gasteiger partial charge in [-0.1, -0.05) is 19.9 Å². The molecule has 134 valence electrons. The number of rotatable bonds is 5. The third-order valence-electron chi connectivity index (χ3n) is 4.91. The maximum Gasteiger partial charge on any atom is 0.228 e. The normalized spacial score (nSPS) is 16.9. The Hall–Kier alpha value is -2.37. The van der Waals surface area contributed by atoms with Gasteiger partial charge in [-0.2, -0.15) is 0 Å². The molecule has 1 aliphatic rings. The van der Waals surface area contributed by atoms with E-state index >= 15 is 0 Å². The second-order valence-electron chi connectivity index (χ2n) is 7.12. The highest BCUT2D eigenvalue weighted by atomic mass is 16.2. The molecule has 1 fully saturated rings. The van der Waals surface area contributed by atoms with Crippen LogP contribution in [0.1, 0.15) is 38.2 Å². The number of hydrogen-bond donors (Lipinski definition) is 1. The Balaban J connectivity index is 1.59. The van der Waals surface area contributed by atoms with Crippen LogP contribution < -0.4 is 10.2 Å². The van der Waals surface area contributed by atoms with Crippen LogP contribution in [-0.4, -0.2) is 39.6 Å². The number of aromatic nitrogens is 3. The predicted octanol–water partition coefficient (Wildman–Crippen LogP) is 2.34. The van der Waals surface area contributed by atoms with Gasteiger partial charge in [0.2, 0.25) is 11.9 Å². The molecule has 2 aromatic heterocycles. The lowest BCUT2D eigenvalue weighted by Gasteiger charge is -2.34. The minimum Gasteiger partial charge on any atom is -0.353 e. The first-order valence-corrected chi connectivity index (χ1v) is 8.99. The average molecular weight is 341 g/mol. The number of carbonyl (C=O) groups is 1. The van der Waals surface area contributed by atoms with Gasteiger partial charge in [-0.25, -0.2) is 4.98 Å². The van der Waals surface area contributed by atoms with E-state index in [0.29, 0.717) is 0 Å². The van der Waals surface area contributed by atoms with Crippen molar-refractivity contribution in [1.29, 1.82) is 0 Å². The van der Waals surface area contributed by atoms with Crippen molar-refractivity contribution in [2.45, 2.75) is 38.6 Å². The first-order valence-electron chi connectivity index (χ1n) is 8.99. The largest absolute Gasteiger partial charge is 0.353 e. The third kappa shape index (κ3) is 4.00. The van der Waals surface area contributed by atoms with E-state index in [0.717, 1.165) is 37.4 Å². The lowest BCUT2D eigenvalue weighted by Crippen LogP contribution is -2.47. The summed E-state index contributed by atoms with van der Waals surface area (Å²) in [6.07, 6.45) is 9.21. The lowest BCUT2D eigenvalue weighted by atomic mass is 9.88. The van der Waals surface area contributed by atoms with Crippen LogP contribution in [0.4, 0.5) is 5.95 Å². The number of piperidine rings is 1. The number of aryl methyl sites for hydroxylation is 1. The van der Waals surface area contributed by atoms with E-state index < -0.39 is 0 Å². The van der Waals surface area contributed by atoms with Crippen molar-refractivity contribution in [3.05, 3.63) is 42.5 Å². The molecular weight excluding hydrogens is 314 g/mol.